The van der Waals surface area contributed by atoms with Gasteiger partial charge in [-0.05, 0) is 92.1 Å². The third-order valence-electron chi connectivity index (χ3n) is 6.13. The smallest absolute Gasteiger partial charge is 0.219 e. The van der Waals surface area contributed by atoms with Gasteiger partial charge in [-0.2, -0.15) is 0 Å². The average molecular weight is 513 g/mol. The summed E-state index contributed by atoms with van der Waals surface area (Å²) >= 11 is 5.33. The van der Waals surface area contributed by atoms with E-state index in [1.807, 2.05) is 13.0 Å². The fraction of sp³-hybridized carbons (Fsp3) is 0.640. The van der Waals surface area contributed by atoms with Crippen LogP contribution in [0.3, 0.4) is 0 Å². The fourth-order valence-corrected chi connectivity index (χ4v) is 5.98. The number of carbonyl (C=O) groups is 1. The number of allylic oxidation sites excluding steroid dienone is 3. The van der Waals surface area contributed by atoms with Gasteiger partial charge < -0.3 is 15.5 Å². The summed E-state index contributed by atoms with van der Waals surface area (Å²) in [6.45, 7) is 6.90. The van der Waals surface area contributed by atoms with Gasteiger partial charge in [0.1, 0.15) is 0 Å². The van der Waals surface area contributed by atoms with E-state index in [2.05, 4.69) is 59.4 Å². The molecular formula is C25H38BrNO3S. The summed E-state index contributed by atoms with van der Waals surface area (Å²) in [5.74, 6) is 0.990. The van der Waals surface area contributed by atoms with E-state index in [4.69, 9.17) is 0 Å². The SMILES string of the molecule is CCNC(=O)CCCC=CC[C@H]1C(O)CC(C)[C@@H]1C=C[C@@H](O)CCc1cc(Br)c(C)s1. The van der Waals surface area contributed by atoms with Crippen molar-refractivity contribution in [2.75, 3.05) is 6.54 Å². The minimum atomic E-state index is -0.461. The van der Waals surface area contributed by atoms with E-state index in [9.17, 15) is 15.0 Å². The Hall–Kier alpha value is -0.950. The molecule has 0 bridgehead atoms. The van der Waals surface area contributed by atoms with Crippen molar-refractivity contribution in [2.45, 2.75) is 77.9 Å². The molecule has 1 aliphatic rings. The number of unbranched alkanes of at least 4 members (excludes halogenated alkanes) is 1. The maximum atomic E-state index is 11.5. The zero-order valence-electron chi connectivity index (χ0n) is 19.0. The van der Waals surface area contributed by atoms with Crippen molar-refractivity contribution in [1.82, 2.24) is 5.32 Å². The van der Waals surface area contributed by atoms with Crippen LogP contribution in [0.5, 0.6) is 0 Å². The second-order valence-electron chi connectivity index (χ2n) is 8.68. The van der Waals surface area contributed by atoms with Crippen LogP contribution in [0, 0.1) is 24.7 Å². The molecule has 3 N–H and O–H groups in total. The normalized spacial score (nSPS) is 25.0. The van der Waals surface area contributed by atoms with E-state index in [-0.39, 0.29) is 23.8 Å². The first-order valence-corrected chi connectivity index (χ1v) is 13.1. The molecule has 0 aromatic carbocycles. The fourth-order valence-electron chi connectivity index (χ4n) is 4.36. The van der Waals surface area contributed by atoms with Gasteiger partial charge >= 0.3 is 0 Å². The summed E-state index contributed by atoms with van der Waals surface area (Å²) in [5, 5.41) is 23.8. The highest BCUT2D eigenvalue weighted by molar-refractivity contribution is 9.10. The van der Waals surface area contributed by atoms with E-state index in [0.29, 0.717) is 25.3 Å². The Bertz CT molecular complexity index is 726. The van der Waals surface area contributed by atoms with Gasteiger partial charge in [0.25, 0.3) is 0 Å². The Kier molecular flexibility index (Phi) is 11.5. The van der Waals surface area contributed by atoms with Crippen LogP contribution >= 0.6 is 27.3 Å². The van der Waals surface area contributed by atoms with Gasteiger partial charge in [0, 0.05) is 27.2 Å². The minimum absolute atomic E-state index is 0.113. The molecule has 0 radical (unpaired) electrons. The number of halogens is 1. The van der Waals surface area contributed by atoms with Crippen LogP contribution in [0.4, 0.5) is 0 Å². The second-order valence-corrected chi connectivity index (χ2v) is 10.9. The Balaban J connectivity index is 1.79. The number of thiophene rings is 1. The first-order valence-electron chi connectivity index (χ1n) is 11.5. The van der Waals surface area contributed by atoms with Crippen LogP contribution in [0.2, 0.25) is 0 Å². The Morgan fingerprint density at radius 2 is 2.19 bits per heavy atom. The molecule has 1 amide bonds. The molecule has 0 aliphatic heterocycles. The molecule has 2 unspecified atom stereocenters. The van der Waals surface area contributed by atoms with E-state index in [1.54, 1.807) is 11.3 Å². The second kappa shape index (κ2) is 13.6. The monoisotopic (exact) mass is 511 g/mol. The third-order valence-corrected chi connectivity index (χ3v) is 8.33. The topological polar surface area (TPSA) is 69.6 Å². The molecule has 31 heavy (non-hydrogen) atoms. The molecule has 1 aromatic heterocycles. The van der Waals surface area contributed by atoms with Crippen molar-refractivity contribution in [3.05, 3.63) is 44.6 Å². The van der Waals surface area contributed by atoms with E-state index in [1.165, 1.54) is 9.75 Å². The lowest BCUT2D eigenvalue weighted by atomic mass is 9.86. The average Bonchev–Trinajstić information content (AvgIpc) is 3.18. The quantitative estimate of drug-likeness (QED) is 0.254. The first kappa shape index (κ1) is 26.3. The number of nitrogens with one attached hydrogen (secondary N) is 1. The highest BCUT2D eigenvalue weighted by atomic mass is 79.9. The lowest BCUT2D eigenvalue weighted by Gasteiger charge is -2.20. The molecule has 0 saturated heterocycles. The number of aryl methyl sites for hydroxylation is 2. The van der Waals surface area contributed by atoms with E-state index >= 15 is 0 Å². The Morgan fingerprint density at radius 3 is 2.87 bits per heavy atom. The van der Waals surface area contributed by atoms with Crippen LogP contribution in [-0.2, 0) is 11.2 Å². The molecule has 1 saturated carbocycles. The molecule has 1 aliphatic carbocycles. The highest BCUT2D eigenvalue weighted by Crippen LogP contribution is 2.40. The van der Waals surface area contributed by atoms with Gasteiger partial charge in [0.05, 0.1) is 12.2 Å². The van der Waals surface area contributed by atoms with Crippen LogP contribution in [0.1, 0.15) is 62.1 Å². The lowest BCUT2D eigenvalue weighted by Crippen LogP contribution is -2.21. The Morgan fingerprint density at radius 1 is 1.42 bits per heavy atom. The van der Waals surface area contributed by atoms with Crippen molar-refractivity contribution < 1.29 is 15.0 Å². The summed E-state index contributed by atoms with van der Waals surface area (Å²) < 4.78 is 1.14. The number of hydrogen-bond donors (Lipinski definition) is 3. The molecule has 1 fully saturated rings. The Labute approximate surface area is 200 Å². The van der Waals surface area contributed by atoms with Crippen LogP contribution in [-0.4, -0.2) is 34.9 Å². The van der Waals surface area contributed by atoms with Gasteiger partial charge in [-0.3, -0.25) is 4.79 Å². The summed E-state index contributed by atoms with van der Waals surface area (Å²) in [4.78, 5) is 14.0. The van der Waals surface area contributed by atoms with Crippen LogP contribution in [0.15, 0.2) is 34.8 Å². The van der Waals surface area contributed by atoms with Crippen molar-refractivity contribution in [2.24, 2.45) is 17.8 Å². The van der Waals surface area contributed by atoms with Crippen LogP contribution < -0.4 is 5.32 Å². The predicted molar refractivity (Wildman–Crippen MR) is 133 cm³/mol. The molecule has 0 spiro atoms. The zero-order chi connectivity index (χ0) is 22.8. The molecule has 174 valence electrons. The lowest BCUT2D eigenvalue weighted by molar-refractivity contribution is -0.121. The summed E-state index contributed by atoms with van der Waals surface area (Å²) in [5.41, 5.74) is 0. The standard InChI is InChI=1S/C25H38BrNO3S/c1-4-27-25(30)10-8-6-5-7-9-22-21(17(2)15-24(22)29)14-12-19(28)11-13-20-16-23(26)18(3)31-20/h5,7,12,14,16-17,19,21-22,24,28-29H,4,6,8-11,13,15H2,1-3H3,(H,27,30)/t17?,19-,21-,22+,24?/m0/s1. The van der Waals surface area contributed by atoms with Crippen molar-refractivity contribution in [3.63, 3.8) is 0 Å². The predicted octanol–water partition coefficient (Wildman–Crippen LogP) is 5.55. The zero-order valence-corrected chi connectivity index (χ0v) is 21.4. The van der Waals surface area contributed by atoms with Gasteiger partial charge in [0.15, 0.2) is 0 Å². The number of carbonyl (C=O) groups excluding carboxylic acids is 1. The molecule has 4 nitrogen and oxygen atoms in total. The van der Waals surface area contributed by atoms with Gasteiger partial charge in [0.2, 0.25) is 5.91 Å². The molecule has 5 atom stereocenters. The summed E-state index contributed by atoms with van der Waals surface area (Å²) in [6.07, 6.45) is 13.1. The molecule has 2 rings (SSSR count). The van der Waals surface area contributed by atoms with Gasteiger partial charge in [-0.15, -0.1) is 11.3 Å². The first-order chi connectivity index (χ1) is 14.8. The van der Waals surface area contributed by atoms with Crippen LogP contribution in [0.25, 0.3) is 0 Å². The summed E-state index contributed by atoms with van der Waals surface area (Å²) in [6, 6.07) is 2.14. The minimum Gasteiger partial charge on any atom is -0.393 e. The number of rotatable bonds is 12. The van der Waals surface area contributed by atoms with Crippen molar-refractivity contribution >= 4 is 33.2 Å². The third kappa shape index (κ3) is 8.83. The summed E-state index contributed by atoms with van der Waals surface area (Å²) in [7, 11) is 0. The molecular weight excluding hydrogens is 474 g/mol. The van der Waals surface area contributed by atoms with E-state index < -0.39 is 6.10 Å². The van der Waals surface area contributed by atoms with Crippen molar-refractivity contribution in [3.8, 4) is 0 Å². The number of hydrogen-bond acceptors (Lipinski definition) is 4. The maximum Gasteiger partial charge on any atom is 0.219 e. The van der Waals surface area contributed by atoms with Gasteiger partial charge in [-0.1, -0.05) is 31.2 Å². The number of aliphatic hydroxyl groups is 2. The maximum absolute atomic E-state index is 11.5. The highest BCUT2D eigenvalue weighted by Gasteiger charge is 2.37. The molecule has 6 heteroatoms. The van der Waals surface area contributed by atoms with Crippen molar-refractivity contribution in [1.29, 1.82) is 0 Å². The number of aliphatic hydroxyl groups excluding tert-OH is 2. The van der Waals surface area contributed by atoms with E-state index in [0.717, 1.165) is 36.6 Å². The largest absolute Gasteiger partial charge is 0.393 e. The molecule has 1 aromatic rings. The number of amides is 1. The molecule has 1 heterocycles. The van der Waals surface area contributed by atoms with Gasteiger partial charge in [-0.25, -0.2) is 0 Å².